The minimum absolute atomic E-state index is 0.397. The molecule has 2 aromatic rings. The molecule has 1 aromatic heterocycles. The molecule has 0 bridgehead atoms. The van der Waals surface area contributed by atoms with Crippen molar-refractivity contribution >= 4 is 5.91 Å². The number of hydrogen-bond acceptors (Lipinski definition) is 2. The highest BCUT2D eigenvalue weighted by molar-refractivity contribution is 5.92. The molecule has 0 aliphatic rings. The SMILES string of the molecule is Cc1ncn(Cc2ccc(C(N)=O)cc2)c1C. The third kappa shape index (κ3) is 2.36. The molecule has 0 spiro atoms. The number of carbonyl (C=O) groups is 1. The lowest BCUT2D eigenvalue weighted by Gasteiger charge is -2.06. The average molecular weight is 229 g/mol. The van der Waals surface area contributed by atoms with Crippen LogP contribution in [0.25, 0.3) is 0 Å². The van der Waals surface area contributed by atoms with E-state index in [9.17, 15) is 4.79 Å². The van der Waals surface area contributed by atoms with Gasteiger partial charge >= 0.3 is 0 Å². The molecule has 0 saturated carbocycles. The molecule has 1 amide bonds. The fourth-order valence-electron chi connectivity index (χ4n) is 1.67. The summed E-state index contributed by atoms with van der Waals surface area (Å²) in [6, 6.07) is 7.32. The molecule has 0 radical (unpaired) electrons. The maximum Gasteiger partial charge on any atom is 0.248 e. The molecule has 0 saturated heterocycles. The first-order chi connectivity index (χ1) is 8.08. The molecule has 2 N–H and O–H groups in total. The molecule has 17 heavy (non-hydrogen) atoms. The molecule has 1 aromatic carbocycles. The molecular formula is C13H15N3O. The molecule has 0 atom stereocenters. The Morgan fingerprint density at radius 3 is 2.41 bits per heavy atom. The summed E-state index contributed by atoms with van der Waals surface area (Å²) in [5.41, 5.74) is 9.04. The van der Waals surface area contributed by atoms with Crippen molar-refractivity contribution in [1.29, 1.82) is 0 Å². The zero-order chi connectivity index (χ0) is 12.4. The van der Waals surface area contributed by atoms with Crippen LogP contribution in [0.3, 0.4) is 0 Å². The van der Waals surface area contributed by atoms with Gasteiger partial charge in [0.25, 0.3) is 0 Å². The van der Waals surface area contributed by atoms with Crippen LogP contribution in [0.2, 0.25) is 0 Å². The van der Waals surface area contributed by atoms with Crippen LogP contribution in [-0.4, -0.2) is 15.5 Å². The number of imidazole rings is 1. The molecule has 1 heterocycles. The van der Waals surface area contributed by atoms with E-state index >= 15 is 0 Å². The third-order valence-electron chi connectivity index (χ3n) is 2.94. The van der Waals surface area contributed by atoms with Crippen molar-refractivity contribution in [2.24, 2.45) is 5.73 Å². The minimum atomic E-state index is -0.397. The summed E-state index contributed by atoms with van der Waals surface area (Å²) in [7, 11) is 0. The Morgan fingerprint density at radius 1 is 1.29 bits per heavy atom. The van der Waals surface area contributed by atoms with Crippen LogP contribution in [0.1, 0.15) is 27.3 Å². The number of nitrogens with two attached hydrogens (primary N) is 1. The van der Waals surface area contributed by atoms with Crippen molar-refractivity contribution in [1.82, 2.24) is 9.55 Å². The molecule has 2 rings (SSSR count). The van der Waals surface area contributed by atoms with Crippen LogP contribution in [0.15, 0.2) is 30.6 Å². The van der Waals surface area contributed by atoms with E-state index in [1.165, 1.54) is 0 Å². The predicted molar refractivity (Wildman–Crippen MR) is 65.8 cm³/mol. The van der Waals surface area contributed by atoms with Gasteiger partial charge in [-0.3, -0.25) is 4.79 Å². The normalized spacial score (nSPS) is 10.5. The Morgan fingerprint density at radius 2 is 1.94 bits per heavy atom. The Labute approximate surface area is 100 Å². The summed E-state index contributed by atoms with van der Waals surface area (Å²) in [4.78, 5) is 15.2. The number of carbonyl (C=O) groups excluding carboxylic acids is 1. The van der Waals surface area contributed by atoms with E-state index in [1.807, 2.05) is 32.3 Å². The third-order valence-corrected chi connectivity index (χ3v) is 2.94. The van der Waals surface area contributed by atoms with E-state index in [4.69, 9.17) is 5.73 Å². The Bertz CT molecular complexity index is 540. The molecule has 0 fully saturated rings. The number of aryl methyl sites for hydroxylation is 1. The fraction of sp³-hybridized carbons (Fsp3) is 0.231. The summed E-state index contributed by atoms with van der Waals surface area (Å²) in [5, 5.41) is 0. The molecule has 4 nitrogen and oxygen atoms in total. The van der Waals surface area contributed by atoms with Crippen molar-refractivity contribution in [3.8, 4) is 0 Å². The van der Waals surface area contributed by atoms with Gasteiger partial charge in [0.15, 0.2) is 0 Å². The van der Waals surface area contributed by atoms with E-state index in [1.54, 1.807) is 12.1 Å². The predicted octanol–water partition coefficient (Wildman–Crippen LogP) is 1.65. The van der Waals surface area contributed by atoms with Gasteiger partial charge in [0.1, 0.15) is 0 Å². The number of amides is 1. The van der Waals surface area contributed by atoms with Crippen LogP contribution in [-0.2, 0) is 6.54 Å². The van der Waals surface area contributed by atoms with Crippen LogP contribution < -0.4 is 5.73 Å². The lowest BCUT2D eigenvalue weighted by atomic mass is 10.1. The highest BCUT2D eigenvalue weighted by Crippen LogP contribution is 2.10. The van der Waals surface area contributed by atoms with Gasteiger partial charge in [-0.05, 0) is 31.5 Å². The molecule has 88 valence electrons. The number of rotatable bonds is 3. The fourth-order valence-corrected chi connectivity index (χ4v) is 1.67. The van der Waals surface area contributed by atoms with Crippen LogP contribution in [0.4, 0.5) is 0 Å². The smallest absolute Gasteiger partial charge is 0.248 e. The number of aromatic nitrogens is 2. The summed E-state index contributed by atoms with van der Waals surface area (Å²) in [5.74, 6) is -0.397. The lowest BCUT2D eigenvalue weighted by Crippen LogP contribution is -2.10. The summed E-state index contributed by atoms with van der Waals surface area (Å²) >= 11 is 0. The van der Waals surface area contributed by atoms with Crippen LogP contribution in [0, 0.1) is 13.8 Å². The van der Waals surface area contributed by atoms with Gasteiger partial charge in [0, 0.05) is 17.8 Å². The lowest BCUT2D eigenvalue weighted by molar-refractivity contribution is 0.100. The largest absolute Gasteiger partial charge is 0.366 e. The molecule has 4 heteroatoms. The van der Waals surface area contributed by atoms with Gasteiger partial charge in [-0.1, -0.05) is 12.1 Å². The Kier molecular flexibility index (Phi) is 2.95. The monoisotopic (exact) mass is 229 g/mol. The van der Waals surface area contributed by atoms with Gasteiger partial charge in [0.2, 0.25) is 5.91 Å². The molecular weight excluding hydrogens is 214 g/mol. The van der Waals surface area contributed by atoms with Crippen molar-refractivity contribution in [2.45, 2.75) is 20.4 Å². The topological polar surface area (TPSA) is 60.9 Å². The van der Waals surface area contributed by atoms with Gasteiger partial charge < -0.3 is 10.3 Å². The highest BCUT2D eigenvalue weighted by atomic mass is 16.1. The summed E-state index contributed by atoms with van der Waals surface area (Å²) < 4.78 is 2.08. The zero-order valence-corrected chi connectivity index (χ0v) is 9.97. The zero-order valence-electron chi connectivity index (χ0n) is 9.97. The van der Waals surface area contributed by atoms with E-state index in [2.05, 4.69) is 9.55 Å². The van der Waals surface area contributed by atoms with Gasteiger partial charge in [-0.2, -0.15) is 0 Å². The van der Waals surface area contributed by atoms with Crippen molar-refractivity contribution < 1.29 is 4.79 Å². The van der Waals surface area contributed by atoms with Crippen LogP contribution >= 0.6 is 0 Å². The van der Waals surface area contributed by atoms with E-state index in [0.717, 1.165) is 23.5 Å². The quantitative estimate of drug-likeness (QED) is 0.869. The second-order valence-corrected chi connectivity index (χ2v) is 4.10. The molecule has 0 unspecified atom stereocenters. The number of nitrogens with zero attached hydrogens (tertiary/aromatic N) is 2. The standard InChI is InChI=1S/C13H15N3O/c1-9-10(2)16(8-15-9)7-11-3-5-12(6-4-11)13(14)17/h3-6,8H,7H2,1-2H3,(H2,14,17). The summed E-state index contributed by atoms with van der Waals surface area (Å²) in [6.07, 6.45) is 1.83. The molecule has 0 aliphatic carbocycles. The van der Waals surface area contributed by atoms with E-state index in [0.29, 0.717) is 5.56 Å². The van der Waals surface area contributed by atoms with Crippen molar-refractivity contribution in [3.63, 3.8) is 0 Å². The molecule has 0 aliphatic heterocycles. The van der Waals surface area contributed by atoms with Gasteiger partial charge in [0.05, 0.1) is 12.0 Å². The second kappa shape index (κ2) is 4.41. The Hall–Kier alpha value is -2.10. The summed E-state index contributed by atoms with van der Waals surface area (Å²) in [6.45, 7) is 4.79. The van der Waals surface area contributed by atoms with Gasteiger partial charge in [-0.15, -0.1) is 0 Å². The van der Waals surface area contributed by atoms with E-state index in [-0.39, 0.29) is 0 Å². The van der Waals surface area contributed by atoms with Crippen molar-refractivity contribution in [2.75, 3.05) is 0 Å². The second-order valence-electron chi connectivity index (χ2n) is 4.10. The minimum Gasteiger partial charge on any atom is -0.366 e. The number of primary amides is 1. The number of hydrogen-bond donors (Lipinski definition) is 1. The first-order valence-electron chi connectivity index (χ1n) is 5.45. The van der Waals surface area contributed by atoms with Gasteiger partial charge in [-0.25, -0.2) is 4.98 Å². The first-order valence-corrected chi connectivity index (χ1v) is 5.45. The maximum absolute atomic E-state index is 10.9. The maximum atomic E-state index is 10.9. The van der Waals surface area contributed by atoms with Crippen molar-refractivity contribution in [3.05, 3.63) is 53.1 Å². The highest BCUT2D eigenvalue weighted by Gasteiger charge is 2.04. The average Bonchev–Trinajstić information content (AvgIpc) is 2.62. The Balaban J connectivity index is 2.19. The van der Waals surface area contributed by atoms with Crippen LogP contribution in [0.5, 0.6) is 0 Å². The number of benzene rings is 1. The first kappa shape index (κ1) is 11.4. The van der Waals surface area contributed by atoms with E-state index < -0.39 is 5.91 Å².